The number of alkyl carbamates (subject to hydrolysis) is 2. The van der Waals surface area contributed by atoms with E-state index in [-0.39, 0.29) is 32.6 Å². The van der Waals surface area contributed by atoms with E-state index in [9.17, 15) is 19.2 Å². The second-order valence-corrected chi connectivity index (χ2v) is 10.00. The second kappa shape index (κ2) is 16.6. The zero-order valence-electron chi connectivity index (χ0n) is 23.3. The lowest BCUT2D eigenvalue weighted by Gasteiger charge is -2.23. The summed E-state index contributed by atoms with van der Waals surface area (Å²) in [7, 11) is 0. The van der Waals surface area contributed by atoms with Gasteiger partial charge in [0.05, 0.1) is 0 Å². The SMILES string of the molecule is C=CCOC(=O)[C@H](Cc1ccccc1)NC(=O)[C@@H](CCCNC(=O)OC(C)(C)C)NC(=O)OCc1ccccc1. The molecule has 0 spiro atoms. The first-order valence-electron chi connectivity index (χ1n) is 13.1. The molecule has 2 atom stereocenters. The first kappa shape index (κ1) is 31.9. The quantitative estimate of drug-likeness (QED) is 0.139. The Morgan fingerprint density at radius 2 is 1.48 bits per heavy atom. The number of benzene rings is 2. The van der Waals surface area contributed by atoms with Crippen LogP contribution in [-0.2, 0) is 36.8 Å². The van der Waals surface area contributed by atoms with Gasteiger partial charge in [0, 0.05) is 13.0 Å². The highest BCUT2D eigenvalue weighted by Crippen LogP contribution is 2.09. The van der Waals surface area contributed by atoms with Gasteiger partial charge in [-0.2, -0.15) is 0 Å². The van der Waals surface area contributed by atoms with E-state index >= 15 is 0 Å². The van der Waals surface area contributed by atoms with Crippen LogP contribution in [0.1, 0.15) is 44.7 Å². The smallest absolute Gasteiger partial charge is 0.408 e. The lowest BCUT2D eigenvalue weighted by atomic mass is 10.0. The van der Waals surface area contributed by atoms with Gasteiger partial charge in [0.2, 0.25) is 5.91 Å². The van der Waals surface area contributed by atoms with Crippen LogP contribution in [0.3, 0.4) is 0 Å². The predicted molar refractivity (Wildman–Crippen MR) is 150 cm³/mol. The van der Waals surface area contributed by atoms with E-state index in [0.717, 1.165) is 11.1 Å². The molecule has 0 aliphatic rings. The maximum atomic E-state index is 13.3. The van der Waals surface area contributed by atoms with Crippen molar-refractivity contribution in [1.82, 2.24) is 16.0 Å². The van der Waals surface area contributed by atoms with Gasteiger partial charge in [-0.25, -0.2) is 14.4 Å². The zero-order chi connectivity index (χ0) is 29.4. The molecule has 40 heavy (non-hydrogen) atoms. The van der Waals surface area contributed by atoms with E-state index < -0.39 is 41.7 Å². The van der Waals surface area contributed by atoms with E-state index in [1.807, 2.05) is 60.7 Å². The number of carbonyl (C=O) groups is 4. The molecule has 0 aliphatic carbocycles. The van der Waals surface area contributed by atoms with Crippen molar-refractivity contribution in [3.63, 3.8) is 0 Å². The highest BCUT2D eigenvalue weighted by molar-refractivity contribution is 5.89. The van der Waals surface area contributed by atoms with Gasteiger partial charge in [0.1, 0.15) is 30.9 Å². The molecule has 0 aliphatic heterocycles. The molecule has 0 radical (unpaired) electrons. The standard InChI is InChI=1S/C30H39N3O7/c1-5-19-38-27(35)25(20-22-13-8-6-9-14-22)32-26(34)24(17-12-18-31-28(36)40-30(2,3)4)33-29(37)39-21-23-15-10-7-11-16-23/h5-11,13-16,24-25H,1,12,17-21H2,2-4H3,(H,31,36)(H,32,34)(H,33,37)/t24-,25+/m1/s1. The molecular formula is C30H39N3O7. The van der Waals surface area contributed by atoms with Gasteiger partial charge in [-0.3, -0.25) is 4.79 Å². The van der Waals surface area contributed by atoms with Crippen molar-refractivity contribution in [2.75, 3.05) is 13.2 Å². The van der Waals surface area contributed by atoms with Crippen LogP contribution in [0.25, 0.3) is 0 Å². The summed E-state index contributed by atoms with van der Waals surface area (Å²) < 4.78 is 15.7. The number of ether oxygens (including phenoxy) is 3. The number of hydrogen-bond donors (Lipinski definition) is 3. The number of carbonyl (C=O) groups excluding carboxylic acids is 4. The molecule has 10 nitrogen and oxygen atoms in total. The Labute approximate surface area is 235 Å². The molecule has 2 aromatic rings. The zero-order valence-corrected chi connectivity index (χ0v) is 23.3. The van der Waals surface area contributed by atoms with Crippen LogP contribution in [0.4, 0.5) is 9.59 Å². The molecule has 2 aromatic carbocycles. The fraction of sp³-hybridized carbons (Fsp3) is 0.400. The predicted octanol–water partition coefficient (Wildman–Crippen LogP) is 4.04. The van der Waals surface area contributed by atoms with Crippen LogP contribution in [0.15, 0.2) is 73.3 Å². The van der Waals surface area contributed by atoms with E-state index in [2.05, 4.69) is 22.5 Å². The van der Waals surface area contributed by atoms with Crippen LogP contribution >= 0.6 is 0 Å². The van der Waals surface area contributed by atoms with Crippen molar-refractivity contribution in [2.45, 2.75) is 64.3 Å². The summed E-state index contributed by atoms with van der Waals surface area (Å²) >= 11 is 0. The van der Waals surface area contributed by atoms with Crippen molar-refractivity contribution in [2.24, 2.45) is 0 Å². The lowest BCUT2D eigenvalue weighted by Crippen LogP contribution is -2.52. The summed E-state index contributed by atoms with van der Waals surface area (Å²) in [6.45, 7) is 9.02. The number of rotatable bonds is 14. The molecule has 2 rings (SSSR count). The van der Waals surface area contributed by atoms with Crippen LogP contribution in [0.5, 0.6) is 0 Å². The highest BCUT2D eigenvalue weighted by atomic mass is 16.6. The Hall–Kier alpha value is -4.34. The summed E-state index contributed by atoms with van der Waals surface area (Å²) in [5.74, 6) is -1.22. The lowest BCUT2D eigenvalue weighted by molar-refractivity contribution is -0.146. The molecular weight excluding hydrogens is 514 g/mol. The van der Waals surface area contributed by atoms with Gasteiger partial charge in [-0.05, 0) is 44.7 Å². The molecule has 0 unspecified atom stereocenters. The Morgan fingerprint density at radius 1 is 0.850 bits per heavy atom. The third-order valence-corrected chi connectivity index (χ3v) is 5.39. The molecule has 10 heteroatoms. The van der Waals surface area contributed by atoms with E-state index in [4.69, 9.17) is 14.2 Å². The summed E-state index contributed by atoms with van der Waals surface area (Å²) in [6.07, 6.45) is 0.731. The Balaban J connectivity index is 2.07. The van der Waals surface area contributed by atoms with Gasteiger partial charge in [-0.15, -0.1) is 0 Å². The van der Waals surface area contributed by atoms with Crippen molar-refractivity contribution in [1.29, 1.82) is 0 Å². The van der Waals surface area contributed by atoms with Crippen molar-refractivity contribution >= 4 is 24.1 Å². The average Bonchev–Trinajstić information content (AvgIpc) is 2.92. The normalized spacial score (nSPS) is 12.3. The third-order valence-electron chi connectivity index (χ3n) is 5.39. The summed E-state index contributed by atoms with van der Waals surface area (Å²) in [4.78, 5) is 50.6. The van der Waals surface area contributed by atoms with Gasteiger partial charge in [0.25, 0.3) is 0 Å². The van der Waals surface area contributed by atoms with Crippen molar-refractivity contribution < 1.29 is 33.4 Å². The fourth-order valence-electron chi connectivity index (χ4n) is 3.54. The first-order valence-corrected chi connectivity index (χ1v) is 13.1. The van der Waals surface area contributed by atoms with Crippen molar-refractivity contribution in [3.8, 4) is 0 Å². The number of hydrogen-bond acceptors (Lipinski definition) is 7. The molecule has 0 fully saturated rings. The first-order chi connectivity index (χ1) is 19.1. The molecule has 0 aromatic heterocycles. The molecule has 0 saturated heterocycles. The maximum absolute atomic E-state index is 13.3. The monoisotopic (exact) mass is 553 g/mol. The minimum atomic E-state index is -1.05. The second-order valence-electron chi connectivity index (χ2n) is 10.00. The number of esters is 1. The van der Waals surface area contributed by atoms with E-state index in [1.165, 1.54) is 6.08 Å². The topological polar surface area (TPSA) is 132 Å². The van der Waals surface area contributed by atoms with Gasteiger partial charge >= 0.3 is 18.2 Å². The van der Waals surface area contributed by atoms with Gasteiger partial charge in [-0.1, -0.05) is 73.3 Å². The summed E-state index contributed by atoms with van der Waals surface area (Å²) in [6, 6.07) is 16.2. The van der Waals surface area contributed by atoms with Crippen molar-refractivity contribution in [3.05, 3.63) is 84.4 Å². The molecule has 3 N–H and O–H groups in total. The van der Waals surface area contributed by atoms with Crippen LogP contribution in [0.2, 0.25) is 0 Å². The van der Waals surface area contributed by atoms with E-state index in [1.54, 1.807) is 20.8 Å². The Morgan fingerprint density at radius 3 is 2.08 bits per heavy atom. The number of amides is 3. The van der Waals surface area contributed by atoms with Gasteiger partial charge in [0.15, 0.2) is 0 Å². The minimum absolute atomic E-state index is 0.0101. The molecule has 0 saturated carbocycles. The summed E-state index contributed by atoms with van der Waals surface area (Å²) in [5.41, 5.74) is 0.953. The number of nitrogens with one attached hydrogen (secondary N) is 3. The van der Waals surface area contributed by atoms with Crippen LogP contribution < -0.4 is 16.0 Å². The van der Waals surface area contributed by atoms with Crippen LogP contribution in [0, 0.1) is 0 Å². The van der Waals surface area contributed by atoms with Gasteiger partial charge < -0.3 is 30.2 Å². The molecule has 0 bridgehead atoms. The Bertz CT molecular complexity index is 1100. The summed E-state index contributed by atoms with van der Waals surface area (Å²) in [5, 5.41) is 7.91. The average molecular weight is 554 g/mol. The molecule has 0 heterocycles. The largest absolute Gasteiger partial charge is 0.460 e. The maximum Gasteiger partial charge on any atom is 0.408 e. The fourth-order valence-corrected chi connectivity index (χ4v) is 3.54. The minimum Gasteiger partial charge on any atom is -0.460 e. The Kier molecular flexibility index (Phi) is 13.2. The third kappa shape index (κ3) is 12.9. The molecule has 216 valence electrons. The highest BCUT2D eigenvalue weighted by Gasteiger charge is 2.28. The van der Waals surface area contributed by atoms with E-state index in [0.29, 0.717) is 6.42 Å². The molecule has 3 amide bonds. The van der Waals surface area contributed by atoms with Crippen LogP contribution in [-0.4, -0.2) is 54.9 Å².